The molecule has 0 saturated carbocycles. The quantitative estimate of drug-likeness (QED) is 0.807. The molecule has 0 fully saturated rings. The first kappa shape index (κ1) is 16.2. The molecule has 0 aliphatic heterocycles. The first-order chi connectivity index (χ1) is 10.6. The molecule has 1 amide bonds. The van der Waals surface area contributed by atoms with E-state index >= 15 is 0 Å². The number of aromatic nitrogens is 2. The number of amides is 1. The van der Waals surface area contributed by atoms with Crippen molar-refractivity contribution in [1.82, 2.24) is 15.5 Å². The number of nitrogens with two attached hydrogens (primary N) is 1. The second-order valence-corrected chi connectivity index (χ2v) is 5.58. The summed E-state index contributed by atoms with van der Waals surface area (Å²) in [4.78, 5) is 16.0. The molecular formula is C16H22N4O2. The van der Waals surface area contributed by atoms with Crippen LogP contribution in [-0.4, -0.2) is 22.1 Å². The molecule has 0 radical (unpaired) electrons. The van der Waals surface area contributed by atoms with E-state index in [2.05, 4.69) is 27.6 Å². The van der Waals surface area contributed by atoms with Gasteiger partial charge in [-0.05, 0) is 17.9 Å². The number of carbonyl (C=O) groups is 1. The maximum atomic E-state index is 11.7. The molecule has 118 valence electrons. The highest BCUT2D eigenvalue weighted by molar-refractivity contribution is 5.81. The van der Waals surface area contributed by atoms with Gasteiger partial charge in [0.25, 0.3) is 0 Å². The SMILES string of the molecule is CC(C)[C@H](N)C(=O)NCc1nc(CCc2ccccc2)no1. The van der Waals surface area contributed by atoms with Crippen LogP contribution in [0.3, 0.4) is 0 Å². The second kappa shape index (κ2) is 7.70. The Labute approximate surface area is 130 Å². The van der Waals surface area contributed by atoms with Gasteiger partial charge in [0.15, 0.2) is 5.82 Å². The fourth-order valence-electron chi connectivity index (χ4n) is 1.95. The predicted molar refractivity (Wildman–Crippen MR) is 82.8 cm³/mol. The Morgan fingerprint density at radius 3 is 2.68 bits per heavy atom. The van der Waals surface area contributed by atoms with Gasteiger partial charge in [0, 0.05) is 6.42 Å². The van der Waals surface area contributed by atoms with Gasteiger partial charge in [0.1, 0.15) is 0 Å². The molecule has 0 unspecified atom stereocenters. The molecule has 0 aliphatic carbocycles. The van der Waals surface area contributed by atoms with E-state index in [0.29, 0.717) is 18.1 Å². The van der Waals surface area contributed by atoms with Gasteiger partial charge in [-0.25, -0.2) is 0 Å². The number of aryl methyl sites for hydroxylation is 2. The lowest BCUT2D eigenvalue weighted by molar-refractivity contribution is -0.123. The van der Waals surface area contributed by atoms with Gasteiger partial charge in [-0.3, -0.25) is 4.79 Å². The summed E-state index contributed by atoms with van der Waals surface area (Å²) < 4.78 is 5.13. The largest absolute Gasteiger partial charge is 0.346 e. The molecule has 0 bridgehead atoms. The normalized spacial score (nSPS) is 12.4. The molecule has 1 aromatic heterocycles. The Morgan fingerprint density at radius 1 is 1.27 bits per heavy atom. The molecule has 6 heteroatoms. The van der Waals surface area contributed by atoms with Crippen LogP contribution in [-0.2, 0) is 24.2 Å². The molecule has 0 aliphatic rings. The van der Waals surface area contributed by atoms with Gasteiger partial charge >= 0.3 is 0 Å². The average Bonchev–Trinajstić information content (AvgIpc) is 2.98. The first-order valence-electron chi connectivity index (χ1n) is 7.45. The van der Waals surface area contributed by atoms with E-state index in [0.717, 1.165) is 6.42 Å². The molecule has 6 nitrogen and oxygen atoms in total. The van der Waals surface area contributed by atoms with Crippen molar-refractivity contribution < 1.29 is 9.32 Å². The predicted octanol–water partition coefficient (Wildman–Crippen LogP) is 1.45. The van der Waals surface area contributed by atoms with E-state index in [-0.39, 0.29) is 18.4 Å². The van der Waals surface area contributed by atoms with Crippen LogP contribution in [0.25, 0.3) is 0 Å². The number of nitrogens with one attached hydrogen (secondary N) is 1. The number of benzene rings is 1. The number of rotatable bonds is 7. The molecule has 22 heavy (non-hydrogen) atoms. The summed E-state index contributed by atoms with van der Waals surface area (Å²) in [7, 11) is 0. The van der Waals surface area contributed by atoms with Crippen LogP contribution in [0.1, 0.15) is 31.1 Å². The summed E-state index contributed by atoms with van der Waals surface area (Å²) in [5, 5.41) is 6.63. The van der Waals surface area contributed by atoms with Crippen LogP contribution in [0, 0.1) is 5.92 Å². The van der Waals surface area contributed by atoms with E-state index in [1.165, 1.54) is 5.56 Å². The van der Waals surface area contributed by atoms with Crippen LogP contribution in [0.15, 0.2) is 34.9 Å². The second-order valence-electron chi connectivity index (χ2n) is 5.58. The summed E-state index contributed by atoms with van der Waals surface area (Å²) in [6.45, 7) is 4.01. The Balaban J connectivity index is 1.80. The van der Waals surface area contributed by atoms with Crippen molar-refractivity contribution in [3.8, 4) is 0 Å². The summed E-state index contributed by atoms with van der Waals surface area (Å²) in [5.41, 5.74) is 6.99. The lowest BCUT2D eigenvalue weighted by atomic mass is 10.1. The topological polar surface area (TPSA) is 94.0 Å². The van der Waals surface area contributed by atoms with Gasteiger partial charge in [-0.15, -0.1) is 0 Å². The molecule has 1 atom stereocenters. The van der Waals surface area contributed by atoms with Crippen LogP contribution >= 0.6 is 0 Å². The van der Waals surface area contributed by atoms with E-state index in [1.807, 2.05) is 32.0 Å². The Morgan fingerprint density at radius 2 is 2.00 bits per heavy atom. The van der Waals surface area contributed by atoms with Crippen molar-refractivity contribution >= 4 is 5.91 Å². The van der Waals surface area contributed by atoms with E-state index in [4.69, 9.17) is 10.3 Å². The molecule has 0 spiro atoms. The zero-order chi connectivity index (χ0) is 15.9. The summed E-state index contributed by atoms with van der Waals surface area (Å²) in [6.07, 6.45) is 1.55. The third kappa shape index (κ3) is 4.66. The van der Waals surface area contributed by atoms with Gasteiger partial charge < -0.3 is 15.6 Å². The highest BCUT2D eigenvalue weighted by Gasteiger charge is 2.17. The zero-order valence-corrected chi connectivity index (χ0v) is 13.0. The third-order valence-electron chi connectivity index (χ3n) is 3.43. The molecule has 1 aromatic carbocycles. The standard InChI is InChI=1S/C16H22N4O2/c1-11(2)15(17)16(21)18-10-14-19-13(20-22-14)9-8-12-6-4-3-5-7-12/h3-7,11,15H,8-10,17H2,1-2H3,(H,18,21)/t15-/m0/s1. The Kier molecular flexibility index (Phi) is 5.66. The minimum Gasteiger partial charge on any atom is -0.346 e. The van der Waals surface area contributed by atoms with Crippen LogP contribution in [0.4, 0.5) is 0 Å². The molecule has 1 heterocycles. The van der Waals surface area contributed by atoms with Crippen molar-refractivity contribution in [2.24, 2.45) is 11.7 Å². The summed E-state index contributed by atoms with van der Waals surface area (Å²) in [5.74, 6) is 0.914. The smallest absolute Gasteiger partial charge is 0.246 e. The monoisotopic (exact) mass is 302 g/mol. The Hall–Kier alpha value is -2.21. The van der Waals surface area contributed by atoms with Crippen LogP contribution in [0.2, 0.25) is 0 Å². The van der Waals surface area contributed by atoms with Crippen molar-refractivity contribution in [3.05, 3.63) is 47.6 Å². The van der Waals surface area contributed by atoms with Crippen LogP contribution in [0.5, 0.6) is 0 Å². The average molecular weight is 302 g/mol. The van der Waals surface area contributed by atoms with Crippen molar-refractivity contribution in [1.29, 1.82) is 0 Å². The lowest BCUT2D eigenvalue weighted by Gasteiger charge is -2.14. The summed E-state index contributed by atoms with van der Waals surface area (Å²) in [6, 6.07) is 9.60. The van der Waals surface area contributed by atoms with Crippen LogP contribution < -0.4 is 11.1 Å². The van der Waals surface area contributed by atoms with Gasteiger partial charge in [-0.1, -0.05) is 49.3 Å². The van der Waals surface area contributed by atoms with Gasteiger partial charge in [0.2, 0.25) is 11.8 Å². The number of hydrogen-bond acceptors (Lipinski definition) is 5. The zero-order valence-electron chi connectivity index (χ0n) is 13.0. The maximum Gasteiger partial charge on any atom is 0.246 e. The minimum absolute atomic E-state index is 0.0871. The third-order valence-corrected chi connectivity index (χ3v) is 3.43. The number of carbonyl (C=O) groups excluding carboxylic acids is 1. The first-order valence-corrected chi connectivity index (χ1v) is 7.45. The summed E-state index contributed by atoms with van der Waals surface area (Å²) >= 11 is 0. The molecule has 0 saturated heterocycles. The minimum atomic E-state index is -0.527. The van der Waals surface area contributed by atoms with Gasteiger partial charge in [0.05, 0.1) is 12.6 Å². The molecule has 2 rings (SSSR count). The Bertz CT molecular complexity index is 595. The van der Waals surface area contributed by atoms with E-state index in [1.54, 1.807) is 0 Å². The van der Waals surface area contributed by atoms with E-state index < -0.39 is 6.04 Å². The van der Waals surface area contributed by atoms with Crippen molar-refractivity contribution in [2.45, 2.75) is 39.3 Å². The lowest BCUT2D eigenvalue weighted by Crippen LogP contribution is -2.43. The van der Waals surface area contributed by atoms with E-state index in [9.17, 15) is 4.79 Å². The fourth-order valence-corrected chi connectivity index (χ4v) is 1.95. The van der Waals surface area contributed by atoms with Gasteiger partial charge in [-0.2, -0.15) is 4.98 Å². The highest BCUT2D eigenvalue weighted by atomic mass is 16.5. The molecule has 3 N–H and O–H groups in total. The fraction of sp³-hybridized carbons (Fsp3) is 0.438. The maximum absolute atomic E-state index is 11.7. The molecular weight excluding hydrogens is 280 g/mol. The number of hydrogen-bond donors (Lipinski definition) is 2. The van der Waals surface area contributed by atoms with Crippen molar-refractivity contribution in [2.75, 3.05) is 0 Å². The number of nitrogens with zero attached hydrogens (tertiary/aromatic N) is 2. The molecule has 2 aromatic rings. The highest BCUT2D eigenvalue weighted by Crippen LogP contribution is 2.05. The van der Waals surface area contributed by atoms with Crippen molar-refractivity contribution in [3.63, 3.8) is 0 Å².